The Labute approximate surface area is 197 Å². The molecule has 1 aliphatic carbocycles. The third-order valence-corrected chi connectivity index (χ3v) is 7.30. The van der Waals surface area contributed by atoms with Crippen LogP contribution in [-0.4, -0.2) is 53.7 Å². The first kappa shape index (κ1) is 23.5. The highest BCUT2D eigenvalue weighted by molar-refractivity contribution is 7.89. The molecule has 3 aromatic rings. The summed E-state index contributed by atoms with van der Waals surface area (Å²) >= 11 is 6.32. The maximum atomic E-state index is 12.4. The number of aromatic amines is 1. The summed E-state index contributed by atoms with van der Waals surface area (Å²) in [6.07, 6.45) is 6.85. The van der Waals surface area contributed by atoms with Crippen LogP contribution in [0.5, 0.6) is 0 Å². The second-order valence-corrected chi connectivity index (χ2v) is 10.6. The molecule has 1 amide bonds. The van der Waals surface area contributed by atoms with Crippen LogP contribution in [0.2, 0.25) is 5.15 Å². The predicted molar refractivity (Wildman–Crippen MR) is 130 cm³/mol. The van der Waals surface area contributed by atoms with Gasteiger partial charge in [0.15, 0.2) is 0 Å². The third-order valence-electron chi connectivity index (χ3n) is 5.67. The van der Waals surface area contributed by atoms with Gasteiger partial charge in [-0.15, -0.1) is 0 Å². The lowest BCUT2D eigenvalue weighted by Crippen LogP contribution is -2.44. The fourth-order valence-corrected chi connectivity index (χ4v) is 5.65. The zero-order valence-corrected chi connectivity index (χ0v) is 19.8. The van der Waals surface area contributed by atoms with Gasteiger partial charge in [-0.25, -0.2) is 23.1 Å². The number of carbonyl (C=O) groups is 1. The number of sulfonamides is 1. The first-order chi connectivity index (χ1) is 15.8. The van der Waals surface area contributed by atoms with Crippen molar-refractivity contribution in [1.29, 1.82) is 0 Å². The van der Waals surface area contributed by atoms with Gasteiger partial charge in [0.25, 0.3) is 0 Å². The SMILES string of the molecule is CC(=O)NCCS(=O)(=O)NC1CCCC(Nc2cc(-c3c[nH]c4ncccc34)cc(Cl)n2)C1. The molecule has 0 radical (unpaired) electrons. The van der Waals surface area contributed by atoms with E-state index in [9.17, 15) is 13.2 Å². The summed E-state index contributed by atoms with van der Waals surface area (Å²) in [6.45, 7) is 1.46. The maximum absolute atomic E-state index is 12.4. The van der Waals surface area contributed by atoms with Crippen molar-refractivity contribution in [2.24, 2.45) is 0 Å². The van der Waals surface area contributed by atoms with E-state index < -0.39 is 10.0 Å². The van der Waals surface area contributed by atoms with Gasteiger partial charge in [-0.1, -0.05) is 11.6 Å². The van der Waals surface area contributed by atoms with E-state index in [1.807, 2.05) is 30.5 Å². The van der Waals surface area contributed by atoms with Crippen molar-refractivity contribution in [3.05, 3.63) is 41.8 Å². The summed E-state index contributed by atoms with van der Waals surface area (Å²) in [7, 11) is -3.48. The number of nitrogens with zero attached hydrogens (tertiary/aromatic N) is 2. The Morgan fingerprint density at radius 1 is 1.27 bits per heavy atom. The maximum Gasteiger partial charge on any atom is 0.216 e. The number of amides is 1. The van der Waals surface area contributed by atoms with Crippen LogP contribution in [0, 0.1) is 0 Å². The second kappa shape index (κ2) is 10.1. The van der Waals surface area contributed by atoms with Gasteiger partial charge in [-0.05, 0) is 55.5 Å². The molecule has 1 saturated carbocycles. The largest absolute Gasteiger partial charge is 0.367 e. The molecule has 0 saturated heterocycles. The van der Waals surface area contributed by atoms with E-state index in [1.165, 1.54) is 6.92 Å². The van der Waals surface area contributed by atoms with Crippen LogP contribution in [0.3, 0.4) is 0 Å². The molecule has 1 aliphatic rings. The summed E-state index contributed by atoms with van der Waals surface area (Å²) in [4.78, 5) is 22.9. The van der Waals surface area contributed by atoms with Crippen molar-refractivity contribution >= 4 is 44.4 Å². The average molecular weight is 491 g/mol. The predicted octanol–water partition coefficient (Wildman–Crippen LogP) is 3.06. The van der Waals surface area contributed by atoms with Crippen molar-refractivity contribution < 1.29 is 13.2 Å². The monoisotopic (exact) mass is 490 g/mol. The van der Waals surface area contributed by atoms with Crippen molar-refractivity contribution in [3.63, 3.8) is 0 Å². The lowest BCUT2D eigenvalue weighted by molar-refractivity contribution is -0.118. The molecule has 3 aromatic heterocycles. The highest BCUT2D eigenvalue weighted by Crippen LogP contribution is 2.31. The fraction of sp³-hybridized carbons (Fsp3) is 0.409. The number of anilines is 1. The molecular weight excluding hydrogens is 464 g/mol. The fourth-order valence-electron chi connectivity index (χ4n) is 4.23. The number of carbonyl (C=O) groups excluding carboxylic acids is 1. The summed E-state index contributed by atoms with van der Waals surface area (Å²) < 4.78 is 27.5. The van der Waals surface area contributed by atoms with Gasteiger partial charge in [0, 0.05) is 48.9 Å². The molecule has 33 heavy (non-hydrogen) atoms. The van der Waals surface area contributed by atoms with Crippen LogP contribution in [0.4, 0.5) is 5.82 Å². The number of aromatic nitrogens is 3. The van der Waals surface area contributed by atoms with Crippen LogP contribution < -0.4 is 15.4 Å². The molecule has 0 bridgehead atoms. The second-order valence-electron chi connectivity index (χ2n) is 8.29. The summed E-state index contributed by atoms with van der Waals surface area (Å²) in [5.74, 6) is 0.263. The molecule has 176 valence electrons. The zero-order valence-electron chi connectivity index (χ0n) is 18.3. The lowest BCUT2D eigenvalue weighted by atomic mass is 9.91. The molecule has 0 spiro atoms. The standard InChI is InChI=1S/C22H27ClN6O3S/c1-14(30)24-8-9-33(31,32)29-17-5-2-4-16(12-17)27-21-11-15(10-20(23)28-21)19-13-26-22-18(19)6-3-7-25-22/h3,6-7,10-11,13,16-17,29H,2,4-5,8-9,12H2,1H3,(H,24,30)(H,25,26)(H,27,28). The van der Waals surface area contributed by atoms with Crippen molar-refractivity contribution in [2.75, 3.05) is 17.6 Å². The van der Waals surface area contributed by atoms with Gasteiger partial charge < -0.3 is 15.6 Å². The molecule has 2 atom stereocenters. The topological polar surface area (TPSA) is 129 Å². The number of hydrogen-bond donors (Lipinski definition) is 4. The molecule has 4 N–H and O–H groups in total. The Morgan fingerprint density at radius 2 is 2.09 bits per heavy atom. The number of pyridine rings is 2. The van der Waals surface area contributed by atoms with Crippen LogP contribution in [0.15, 0.2) is 36.7 Å². The van der Waals surface area contributed by atoms with Crippen LogP contribution >= 0.6 is 11.6 Å². The third kappa shape index (κ3) is 6.21. The highest BCUT2D eigenvalue weighted by Gasteiger charge is 2.26. The van der Waals surface area contributed by atoms with E-state index in [-0.39, 0.29) is 30.3 Å². The molecule has 3 heterocycles. The quantitative estimate of drug-likeness (QED) is 0.359. The molecule has 0 aliphatic heterocycles. The number of hydrogen-bond acceptors (Lipinski definition) is 6. The van der Waals surface area contributed by atoms with Crippen LogP contribution in [0.1, 0.15) is 32.6 Å². The Kier molecular flexibility index (Phi) is 7.16. The van der Waals surface area contributed by atoms with E-state index >= 15 is 0 Å². The van der Waals surface area contributed by atoms with Gasteiger partial charge in [0.1, 0.15) is 16.6 Å². The number of fused-ring (bicyclic) bond motifs is 1. The van der Waals surface area contributed by atoms with Crippen molar-refractivity contribution in [3.8, 4) is 11.1 Å². The molecule has 1 fully saturated rings. The molecule has 9 nitrogen and oxygen atoms in total. The first-order valence-electron chi connectivity index (χ1n) is 10.9. The Bertz CT molecular complexity index is 1250. The highest BCUT2D eigenvalue weighted by atomic mass is 35.5. The number of nitrogens with one attached hydrogen (secondary N) is 4. The van der Waals surface area contributed by atoms with E-state index in [0.717, 1.165) is 41.4 Å². The van der Waals surface area contributed by atoms with E-state index in [0.29, 0.717) is 17.4 Å². The number of rotatable bonds is 8. The minimum Gasteiger partial charge on any atom is -0.367 e. The zero-order chi connectivity index (χ0) is 23.4. The average Bonchev–Trinajstić information content (AvgIpc) is 3.17. The van der Waals surface area contributed by atoms with E-state index in [2.05, 4.69) is 30.3 Å². The van der Waals surface area contributed by atoms with Crippen LogP contribution in [-0.2, 0) is 14.8 Å². The van der Waals surface area contributed by atoms with Gasteiger partial charge in [-0.3, -0.25) is 4.79 Å². The summed E-state index contributed by atoms with van der Waals surface area (Å²) in [5, 5.41) is 7.32. The van der Waals surface area contributed by atoms with E-state index in [4.69, 9.17) is 11.6 Å². The van der Waals surface area contributed by atoms with Gasteiger partial charge in [0.05, 0.1) is 5.75 Å². The molecule has 0 aromatic carbocycles. The Morgan fingerprint density at radius 3 is 2.91 bits per heavy atom. The van der Waals surface area contributed by atoms with Gasteiger partial charge in [-0.2, -0.15) is 0 Å². The Hall–Kier alpha value is -2.69. The summed E-state index contributed by atoms with van der Waals surface area (Å²) in [6, 6.07) is 7.54. The number of halogens is 1. The molecule has 2 unspecified atom stereocenters. The van der Waals surface area contributed by atoms with E-state index in [1.54, 1.807) is 6.20 Å². The normalized spacial score (nSPS) is 18.8. The molecule has 4 rings (SSSR count). The van der Waals surface area contributed by atoms with Crippen molar-refractivity contribution in [1.82, 2.24) is 25.0 Å². The minimum absolute atomic E-state index is 0.0604. The summed E-state index contributed by atoms with van der Waals surface area (Å²) in [5.41, 5.74) is 2.71. The Balaban J connectivity index is 1.43. The van der Waals surface area contributed by atoms with Gasteiger partial charge in [0.2, 0.25) is 15.9 Å². The molecule has 11 heteroatoms. The minimum atomic E-state index is -3.48. The lowest BCUT2D eigenvalue weighted by Gasteiger charge is -2.30. The van der Waals surface area contributed by atoms with Gasteiger partial charge >= 0.3 is 0 Å². The smallest absolute Gasteiger partial charge is 0.216 e. The van der Waals surface area contributed by atoms with Crippen LogP contribution in [0.25, 0.3) is 22.2 Å². The molecular formula is C22H27ClN6O3S. The van der Waals surface area contributed by atoms with Crippen molar-refractivity contribution in [2.45, 2.75) is 44.7 Å². The first-order valence-corrected chi connectivity index (χ1v) is 12.9. The number of H-pyrrole nitrogens is 1.